The van der Waals surface area contributed by atoms with Crippen LogP contribution in [0.3, 0.4) is 0 Å². The van der Waals surface area contributed by atoms with Gasteiger partial charge in [-0.1, -0.05) is 6.92 Å². The van der Waals surface area contributed by atoms with Gasteiger partial charge >= 0.3 is 6.36 Å². The van der Waals surface area contributed by atoms with Crippen LogP contribution in [-0.4, -0.2) is 47.3 Å². The van der Waals surface area contributed by atoms with E-state index in [1.807, 2.05) is 0 Å². The summed E-state index contributed by atoms with van der Waals surface area (Å²) in [4.78, 5) is 12.1. The number of hydrogen-bond donors (Lipinski definition) is 1. The lowest BCUT2D eigenvalue weighted by Gasteiger charge is -2.33. The van der Waals surface area contributed by atoms with Crippen molar-refractivity contribution in [2.24, 2.45) is 5.92 Å². The molecule has 4 rings (SSSR count). The molecule has 1 N–H and O–H groups in total. The minimum absolute atomic E-state index is 0.0707. The van der Waals surface area contributed by atoms with Crippen LogP contribution < -0.4 is 5.32 Å². The van der Waals surface area contributed by atoms with Gasteiger partial charge in [0.15, 0.2) is 0 Å². The third-order valence-corrected chi connectivity index (χ3v) is 6.42. The molecule has 3 aliphatic rings. The van der Waals surface area contributed by atoms with Crippen LogP contribution >= 0.6 is 0 Å². The van der Waals surface area contributed by atoms with E-state index in [2.05, 4.69) is 27.2 Å². The van der Waals surface area contributed by atoms with E-state index < -0.39 is 12.5 Å². The summed E-state index contributed by atoms with van der Waals surface area (Å²) >= 11 is 0. The number of nitrogens with one attached hydrogen (secondary N) is 1. The van der Waals surface area contributed by atoms with Crippen molar-refractivity contribution < 1.29 is 31.9 Å². The van der Waals surface area contributed by atoms with Gasteiger partial charge in [-0.05, 0) is 57.3 Å². The monoisotopic (exact) mass is 431 g/mol. The zero-order valence-corrected chi connectivity index (χ0v) is 17.0. The van der Waals surface area contributed by atoms with Gasteiger partial charge in [0.05, 0.1) is 12.2 Å². The molecule has 3 fully saturated rings. The number of nitrogens with zero attached hydrogens (tertiary/aromatic N) is 2. The van der Waals surface area contributed by atoms with Gasteiger partial charge in [0.25, 0.3) is 0 Å². The number of aromatic nitrogens is 2. The summed E-state index contributed by atoms with van der Waals surface area (Å²) in [7, 11) is 0. The first-order valence-electron chi connectivity index (χ1n) is 10.7. The molecule has 30 heavy (non-hydrogen) atoms. The molecule has 3 aliphatic carbocycles. The lowest BCUT2D eigenvalue weighted by atomic mass is 9.82. The van der Waals surface area contributed by atoms with Crippen molar-refractivity contribution in [1.82, 2.24) is 15.5 Å². The lowest BCUT2D eigenvalue weighted by molar-refractivity contribution is -0.352. The van der Waals surface area contributed by atoms with E-state index in [1.54, 1.807) is 0 Å². The summed E-state index contributed by atoms with van der Waals surface area (Å²) in [5.41, 5.74) is 0. The number of rotatable bonds is 7. The molecule has 0 atom stereocenters. The predicted octanol–water partition coefficient (Wildman–Crippen LogP) is 3.81. The Hall–Kier alpha value is -1.68. The van der Waals surface area contributed by atoms with Gasteiger partial charge in [0.1, 0.15) is 6.61 Å². The zero-order valence-electron chi connectivity index (χ0n) is 17.0. The normalized spacial score (nSPS) is 34.1. The number of ether oxygens (including phenoxy) is 2. The first-order valence-corrected chi connectivity index (χ1v) is 10.7. The molecule has 1 amide bonds. The summed E-state index contributed by atoms with van der Waals surface area (Å²) in [6, 6.07) is 0.118. The zero-order chi connectivity index (χ0) is 21.3. The van der Waals surface area contributed by atoms with Crippen LogP contribution in [-0.2, 0) is 14.3 Å². The molecular weight excluding hydrogens is 403 g/mol. The molecule has 0 unspecified atom stereocenters. The number of hydrogen-bond acceptors (Lipinski definition) is 6. The highest BCUT2D eigenvalue weighted by molar-refractivity contribution is 5.77. The fourth-order valence-corrected chi connectivity index (χ4v) is 4.54. The highest BCUT2D eigenvalue weighted by Gasteiger charge is 2.42. The van der Waals surface area contributed by atoms with Crippen LogP contribution in [0.2, 0.25) is 0 Å². The van der Waals surface area contributed by atoms with Crippen molar-refractivity contribution in [1.29, 1.82) is 0 Å². The number of halogens is 3. The van der Waals surface area contributed by atoms with Gasteiger partial charge < -0.3 is 14.5 Å². The molecule has 1 heterocycles. The van der Waals surface area contributed by atoms with Gasteiger partial charge in [0, 0.05) is 17.9 Å². The Morgan fingerprint density at radius 3 is 2.27 bits per heavy atom. The maximum Gasteiger partial charge on any atom is 0.522 e. The Labute approximate surface area is 173 Å². The van der Waals surface area contributed by atoms with Crippen molar-refractivity contribution >= 4 is 5.91 Å². The smallest absolute Gasteiger partial charge is 0.425 e. The van der Waals surface area contributed by atoms with Gasteiger partial charge in [0.2, 0.25) is 17.7 Å². The summed E-state index contributed by atoms with van der Waals surface area (Å²) in [6.07, 6.45) is 0.591. The Balaban J connectivity index is 1.16. The first-order chi connectivity index (χ1) is 14.2. The molecule has 0 aromatic carbocycles. The van der Waals surface area contributed by atoms with Crippen LogP contribution in [0, 0.1) is 5.92 Å². The SMILES string of the molecule is CC1CC(OCC(=O)NC2CCC(c3nnc(C4CC(OC(F)(F)F)C4)o3)CC2)C1. The maximum atomic E-state index is 12.2. The van der Waals surface area contributed by atoms with E-state index in [-0.39, 0.29) is 49.3 Å². The Kier molecular flexibility index (Phi) is 6.34. The second kappa shape index (κ2) is 8.82. The van der Waals surface area contributed by atoms with Crippen molar-refractivity contribution in [2.75, 3.05) is 6.61 Å². The summed E-state index contributed by atoms with van der Waals surface area (Å²) in [5.74, 6) is 1.50. The number of amides is 1. The first kappa shape index (κ1) is 21.5. The quantitative estimate of drug-likeness (QED) is 0.707. The summed E-state index contributed by atoms with van der Waals surface area (Å²) in [6.45, 7) is 2.29. The third-order valence-electron chi connectivity index (χ3n) is 6.42. The van der Waals surface area contributed by atoms with Crippen molar-refractivity contribution in [2.45, 2.75) is 94.7 Å². The second-order valence-electron chi connectivity index (χ2n) is 8.96. The molecule has 0 saturated heterocycles. The summed E-state index contributed by atoms with van der Waals surface area (Å²) in [5, 5.41) is 11.2. The largest absolute Gasteiger partial charge is 0.522 e. The van der Waals surface area contributed by atoms with Crippen LogP contribution in [0.4, 0.5) is 13.2 Å². The maximum absolute atomic E-state index is 12.2. The molecule has 1 aromatic heterocycles. The molecule has 168 valence electrons. The Morgan fingerprint density at radius 2 is 1.67 bits per heavy atom. The van der Waals surface area contributed by atoms with Gasteiger partial charge in [-0.2, -0.15) is 0 Å². The average Bonchev–Trinajstić information content (AvgIpc) is 3.10. The van der Waals surface area contributed by atoms with Crippen LogP contribution in [0.1, 0.15) is 81.9 Å². The average molecular weight is 431 g/mol. The standard InChI is InChI=1S/C20H28F3N3O4/c1-11-6-15(7-11)28-10-17(27)24-14-4-2-12(3-5-14)18-25-26-19(29-18)13-8-16(9-13)30-20(21,22)23/h11-16H,2-10H2,1H3,(H,24,27). The van der Waals surface area contributed by atoms with Crippen molar-refractivity contribution in [3.63, 3.8) is 0 Å². The van der Waals surface area contributed by atoms with Gasteiger partial charge in [-0.3, -0.25) is 9.53 Å². The number of carbonyl (C=O) groups is 1. The lowest BCUT2D eigenvalue weighted by Crippen LogP contribution is -2.41. The molecule has 0 radical (unpaired) electrons. The topological polar surface area (TPSA) is 86.5 Å². The molecule has 3 saturated carbocycles. The Bertz CT molecular complexity index is 721. The molecule has 0 aliphatic heterocycles. The predicted molar refractivity (Wildman–Crippen MR) is 98.5 cm³/mol. The highest BCUT2D eigenvalue weighted by Crippen LogP contribution is 2.42. The molecule has 7 nitrogen and oxygen atoms in total. The molecule has 10 heteroatoms. The number of carbonyl (C=O) groups excluding carboxylic acids is 1. The number of alkyl halides is 3. The Morgan fingerprint density at radius 1 is 1.03 bits per heavy atom. The third kappa shape index (κ3) is 5.51. The fraction of sp³-hybridized carbons (Fsp3) is 0.850. The minimum Gasteiger partial charge on any atom is -0.425 e. The molecule has 1 aromatic rings. The summed E-state index contributed by atoms with van der Waals surface area (Å²) < 4.78 is 52.0. The van der Waals surface area contributed by atoms with E-state index >= 15 is 0 Å². The van der Waals surface area contributed by atoms with Gasteiger partial charge in [-0.25, -0.2) is 0 Å². The van der Waals surface area contributed by atoms with E-state index in [9.17, 15) is 18.0 Å². The minimum atomic E-state index is -4.61. The highest BCUT2D eigenvalue weighted by atomic mass is 19.4. The fourth-order valence-electron chi connectivity index (χ4n) is 4.54. The van der Waals surface area contributed by atoms with Crippen LogP contribution in [0.5, 0.6) is 0 Å². The van der Waals surface area contributed by atoms with Crippen LogP contribution in [0.25, 0.3) is 0 Å². The van der Waals surface area contributed by atoms with E-state index in [0.29, 0.717) is 17.7 Å². The van der Waals surface area contributed by atoms with Crippen molar-refractivity contribution in [3.05, 3.63) is 11.8 Å². The second-order valence-corrected chi connectivity index (χ2v) is 8.96. The van der Waals surface area contributed by atoms with Crippen molar-refractivity contribution in [3.8, 4) is 0 Å². The van der Waals surface area contributed by atoms with Crippen LogP contribution in [0.15, 0.2) is 4.42 Å². The molecule has 0 bridgehead atoms. The molecule has 0 spiro atoms. The van der Waals surface area contributed by atoms with E-state index in [4.69, 9.17) is 9.15 Å². The molecular formula is C20H28F3N3O4. The van der Waals surface area contributed by atoms with E-state index in [0.717, 1.165) is 38.5 Å². The van der Waals surface area contributed by atoms with Gasteiger partial charge in [-0.15, -0.1) is 23.4 Å². The van der Waals surface area contributed by atoms with E-state index in [1.165, 1.54) is 0 Å².